The standard InChI is InChI=1S/C13H18FNO3S/c1-9-6-12(7-10(8-16)13(9)14)19(17,18)15(2)11-4-3-5-11/h6-7,11,16H,3-5,8H2,1-2H3. The Balaban J connectivity index is 2.42. The Morgan fingerprint density at radius 1 is 1.42 bits per heavy atom. The maximum atomic E-state index is 13.6. The van der Waals surface area contributed by atoms with Gasteiger partial charge in [-0.25, -0.2) is 12.8 Å². The number of hydrogen-bond acceptors (Lipinski definition) is 3. The molecule has 2 rings (SSSR count). The Hall–Kier alpha value is -0.980. The van der Waals surface area contributed by atoms with Crippen LogP contribution in [0.25, 0.3) is 0 Å². The molecule has 0 bridgehead atoms. The molecule has 0 aliphatic heterocycles. The van der Waals surface area contributed by atoms with E-state index in [1.165, 1.54) is 23.4 Å². The molecule has 0 unspecified atom stereocenters. The van der Waals surface area contributed by atoms with Gasteiger partial charge in [0.2, 0.25) is 10.0 Å². The third-order valence-corrected chi connectivity index (χ3v) is 5.63. The van der Waals surface area contributed by atoms with E-state index in [1.54, 1.807) is 7.05 Å². The minimum absolute atomic E-state index is 0.0144. The van der Waals surface area contributed by atoms with Crippen LogP contribution in [0.3, 0.4) is 0 Å². The molecule has 1 aliphatic rings. The van der Waals surface area contributed by atoms with Crippen molar-refractivity contribution in [2.75, 3.05) is 7.05 Å². The van der Waals surface area contributed by atoms with Gasteiger partial charge in [-0.2, -0.15) is 4.31 Å². The largest absolute Gasteiger partial charge is 0.392 e. The van der Waals surface area contributed by atoms with Gasteiger partial charge in [-0.05, 0) is 37.5 Å². The number of aliphatic hydroxyl groups is 1. The zero-order chi connectivity index (χ0) is 14.2. The van der Waals surface area contributed by atoms with Crippen LogP contribution in [-0.4, -0.2) is 30.9 Å². The van der Waals surface area contributed by atoms with Crippen LogP contribution in [0, 0.1) is 12.7 Å². The van der Waals surface area contributed by atoms with Crippen molar-refractivity contribution in [1.82, 2.24) is 4.31 Å². The average Bonchev–Trinajstić information content (AvgIpc) is 2.30. The summed E-state index contributed by atoms with van der Waals surface area (Å²) in [5.74, 6) is -0.548. The van der Waals surface area contributed by atoms with E-state index in [0.29, 0.717) is 0 Å². The van der Waals surface area contributed by atoms with Gasteiger partial charge in [0.05, 0.1) is 11.5 Å². The third kappa shape index (κ3) is 2.52. The van der Waals surface area contributed by atoms with Crippen molar-refractivity contribution in [2.45, 2.75) is 43.7 Å². The summed E-state index contributed by atoms with van der Waals surface area (Å²) in [5.41, 5.74) is 0.243. The quantitative estimate of drug-likeness (QED) is 0.918. The molecule has 0 atom stereocenters. The highest BCUT2D eigenvalue weighted by atomic mass is 32.2. The molecule has 0 aromatic heterocycles. The van der Waals surface area contributed by atoms with Gasteiger partial charge in [0, 0.05) is 18.7 Å². The summed E-state index contributed by atoms with van der Waals surface area (Å²) >= 11 is 0. The number of hydrogen-bond donors (Lipinski definition) is 1. The van der Waals surface area contributed by atoms with Crippen LogP contribution in [0.5, 0.6) is 0 Å². The summed E-state index contributed by atoms with van der Waals surface area (Å²) in [5, 5.41) is 9.09. The molecule has 4 nitrogen and oxygen atoms in total. The van der Waals surface area contributed by atoms with Gasteiger partial charge in [0.25, 0.3) is 0 Å². The Morgan fingerprint density at radius 2 is 2.05 bits per heavy atom. The van der Waals surface area contributed by atoms with Gasteiger partial charge in [-0.3, -0.25) is 0 Å². The van der Waals surface area contributed by atoms with Crippen LogP contribution in [0.4, 0.5) is 4.39 Å². The molecular formula is C13H18FNO3S. The van der Waals surface area contributed by atoms with Gasteiger partial charge < -0.3 is 5.11 Å². The molecule has 106 valence electrons. The maximum absolute atomic E-state index is 13.6. The van der Waals surface area contributed by atoms with E-state index in [1.807, 2.05) is 0 Å². The van der Waals surface area contributed by atoms with Crippen molar-refractivity contribution in [3.8, 4) is 0 Å². The molecule has 0 heterocycles. The highest BCUT2D eigenvalue weighted by Gasteiger charge is 2.32. The fourth-order valence-electron chi connectivity index (χ4n) is 2.18. The Labute approximate surface area is 112 Å². The van der Waals surface area contributed by atoms with E-state index in [9.17, 15) is 12.8 Å². The second-order valence-electron chi connectivity index (χ2n) is 4.98. The first kappa shape index (κ1) is 14.4. The fraction of sp³-hybridized carbons (Fsp3) is 0.538. The van der Waals surface area contributed by atoms with Gasteiger partial charge in [0.15, 0.2) is 0 Å². The first-order valence-electron chi connectivity index (χ1n) is 6.26. The number of aliphatic hydroxyl groups excluding tert-OH is 1. The van der Waals surface area contributed by atoms with Crippen LogP contribution in [0.1, 0.15) is 30.4 Å². The summed E-state index contributed by atoms with van der Waals surface area (Å²) < 4.78 is 39.8. The molecule has 1 aliphatic carbocycles. The van der Waals surface area contributed by atoms with Crippen molar-refractivity contribution in [2.24, 2.45) is 0 Å². The first-order chi connectivity index (χ1) is 8.87. The predicted molar refractivity (Wildman–Crippen MR) is 69.6 cm³/mol. The number of sulfonamides is 1. The van der Waals surface area contributed by atoms with Crippen molar-refractivity contribution in [1.29, 1.82) is 0 Å². The summed E-state index contributed by atoms with van der Waals surface area (Å²) in [6, 6.07) is 2.57. The lowest BCUT2D eigenvalue weighted by atomic mass is 9.94. The van der Waals surface area contributed by atoms with Crippen LogP contribution in [-0.2, 0) is 16.6 Å². The van der Waals surface area contributed by atoms with Crippen molar-refractivity contribution in [3.63, 3.8) is 0 Å². The third-order valence-electron chi connectivity index (χ3n) is 3.74. The molecule has 1 aromatic rings. The van der Waals surface area contributed by atoms with E-state index >= 15 is 0 Å². The molecule has 0 amide bonds. The smallest absolute Gasteiger partial charge is 0.243 e. The first-order valence-corrected chi connectivity index (χ1v) is 7.70. The van der Waals surface area contributed by atoms with Gasteiger partial charge in [-0.1, -0.05) is 6.42 Å². The summed E-state index contributed by atoms with van der Waals surface area (Å²) in [6.07, 6.45) is 2.76. The Bertz CT molecular complexity index is 582. The van der Waals surface area contributed by atoms with E-state index in [0.717, 1.165) is 19.3 Å². The molecular weight excluding hydrogens is 269 g/mol. The maximum Gasteiger partial charge on any atom is 0.243 e. The molecule has 6 heteroatoms. The molecule has 0 saturated heterocycles. The molecule has 1 N–H and O–H groups in total. The SMILES string of the molecule is Cc1cc(S(=O)(=O)N(C)C2CCC2)cc(CO)c1F. The Kier molecular flexibility index (Phi) is 3.94. The van der Waals surface area contributed by atoms with Crippen molar-refractivity contribution >= 4 is 10.0 Å². The fourth-order valence-corrected chi connectivity index (χ4v) is 3.74. The average molecular weight is 287 g/mol. The topological polar surface area (TPSA) is 57.6 Å². The van der Waals surface area contributed by atoms with Crippen LogP contribution in [0.15, 0.2) is 17.0 Å². The predicted octanol–water partition coefficient (Wildman–Crippen LogP) is 1.80. The van der Waals surface area contributed by atoms with E-state index in [4.69, 9.17) is 5.11 Å². The zero-order valence-corrected chi connectivity index (χ0v) is 11.9. The lowest BCUT2D eigenvalue weighted by Gasteiger charge is -2.33. The number of halogens is 1. The van der Waals surface area contributed by atoms with E-state index in [2.05, 4.69) is 0 Å². The molecule has 0 spiro atoms. The van der Waals surface area contributed by atoms with E-state index in [-0.39, 0.29) is 22.1 Å². The number of benzene rings is 1. The lowest BCUT2D eigenvalue weighted by molar-refractivity contribution is 0.249. The molecule has 1 aromatic carbocycles. The minimum atomic E-state index is -3.62. The molecule has 1 saturated carbocycles. The zero-order valence-electron chi connectivity index (χ0n) is 11.1. The summed E-state index contributed by atoms with van der Waals surface area (Å²) in [7, 11) is -2.06. The number of aryl methyl sites for hydroxylation is 1. The highest BCUT2D eigenvalue weighted by Crippen LogP contribution is 2.29. The molecule has 19 heavy (non-hydrogen) atoms. The lowest BCUT2D eigenvalue weighted by Crippen LogP contribution is -2.41. The van der Waals surface area contributed by atoms with Gasteiger partial charge >= 0.3 is 0 Å². The monoisotopic (exact) mass is 287 g/mol. The normalized spacial score (nSPS) is 16.7. The highest BCUT2D eigenvalue weighted by molar-refractivity contribution is 7.89. The second-order valence-corrected chi connectivity index (χ2v) is 6.97. The molecule has 0 radical (unpaired) electrons. The second kappa shape index (κ2) is 5.19. The van der Waals surface area contributed by atoms with Crippen LogP contribution >= 0.6 is 0 Å². The number of rotatable bonds is 4. The summed E-state index contributed by atoms with van der Waals surface area (Å²) in [6.45, 7) is 0.986. The summed E-state index contributed by atoms with van der Waals surface area (Å²) in [4.78, 5) is 0.0462. The van der Waals surface area contributed by atoms with Crippen LogP contribution < -0.4 is 0 Å². The molecule has 1 fully saturated rings. The number of nitrogens with zero attached hydrogens (tertiary/aromatic N) is 1. The van der Waals surface area contributed by atoms with Crippen molar-refractivity contribution in [3.05, 3.63) is 29.1 Å². The van der Waals surface area contributed by atoms with E-state index < -0.39 is 22.4 Å². The van der Waals surface area contributed by atoms with Gasteiger partial charge in [-0.15, -0.1) is 0 Å². The van der Waals surface area contributed by atoms with Crippen molar-refractivity contribution < 1.29 is 17.9 Å². The minimum Gasteiger partial charge on any atom is -0.392 e. The Morgan fingerprint density at radius 3 is 2.53 bits per heavy atom. The van der Waals surface area contributed by atoms with Crippen LogP contribution in [0.2, 0.25) is 0 Å². The van der Waals surface area contributed by atoms with Gasteiger partial charge in [0.1, 0.15) is 5.82 Å².